The molecular formula is C13H17IO. The molecule has 15 heavy (non-hydrogen) atoms. The minimum atomic E-state index is 0.437. The molecule has 1 aliphatic carbocycles. The average Bonchev–Trinajstić information content (AvgIpc) is 2.17. The van der Waals surface area contributed by atoms with E-state index in [4.69, 9.17) is 4.74 Å². The second-order valence-electron chi connectivity index (χ2n) is 4.47. The van der Waals surface area contributed by atoms with Crippen LogP contribution in [-0.4, -0.2) is 6.10 Å². The number of ether oxygens (including phenoxy) is 1. The Bertz CT molecular complexity index is 324. The number of rotatable bonds is 2. The molecule has 2 unspecified atom stereocenters. The lowest BCUT2D eigenvalue weighted by Crippen LogP contribution is -2.24. The molecule has 1 aromatic rings. The predicted octanol–water partition coefficient (Wildman–Crippen LogP) is 4.25. The molecule has 0 bridgehead atoms. The normalized spacial score (nSPS) is 26.3. The molecule has 0 N–H and O–H groups in total. The molecule has 82 valence electrons. The standard InChI is InChI=1S/C13H17IO/c1-10-4-2-6-12(8-10)15-13-7-3-5-11(14)9-13/h3,5,7,9-10,12H,2,4,6,8H2,1H3. The van der Waals surface area contributed by atoms with Gasteiger partial charge in [0.05, 0.1) is 6.10 Å². The number of halogens is 1. The summed E-state index contributed by atoms with van der Waals surface area (Å²) in [6, 6.07) is 8.32. The van der Waals surface area contributed by atoms with Gasteiger partial charge in [0.2, 0.25) is 0 Å². The largest absolute Gasteiger partial charge is 0.490 e. The van der Waals surface area contributed by atoms with E-state index in [1.165, 1.54) is 29.3 Å². The van der Waals surface area contributed by atoms with Gasteiger partial charge in [-0.2, -0.15) is 0 Å². The van der Waals surface area contributed by atoms with Gasteiger partial charge < -0.3 is 4.74 Å². The summed E-state index contributed by atoms with van der Waals surface area (Å²) in [4.78, 5) is 0. The van der Waals surface area contributed by atoms with Gasteiger partial charge in [-0.05, 0) is 66.0 Å². The van der Waals surface area contributed by atoms with Crippen LogP contribution in [0.4, 0.5) is 0 Å². The van der Waals surface area contributed by atoms with Gasteiger partial charge in [-0.3, -0.25) is 0 Å². The molecular weight excluding hydrogens is 299 g/mol. The highest BCUT2D eigenvalue weighted by Crippen LogP contribution is 2.27. The monoisotopic (exact) mass is 316 g/mol. The van der Waals surface area contributed by atoms with E-state index < -0.39 is 0 Å². The molecule has 1 aliphatic rings. The first-order valence-corrected chi connectivity index (χ1v) is 6.74. The van der Waals surface area contributed by atoms with Gasteiger partial charge in [-0.25, -0.2) is 0 Å². The summed E-state index contributed by atoms with van der Waals surface area (Å²) in [7, 11) is 0. The summed E-state index contributed by atoms with van der Waals surface area (Å²) in [5.74, 6) is 1.85. The molecule has 0 spiro atoms. The van der Waals surface area contributed by atoms with Crippen molar-refractivity contribution in [3.05, 3.63) is 27.8 Å². The van der Waals surface area contributed by atoms with Crippen molar-refractivity contribution in [2.75, 3.05) is 0 Å². The van der Waals surface area contributed by atoms with Gasteiger partial charge in [0.25, 0.3) is 0 Å². The fourth-order valence-electron chi connectivity index (χ4n) is 2.22. The molecule has 0 saturated heterocycles. The van der Waals surface area contributed by atoms with Gasteiger partial charge in [-0.15, -0.1) is 0 Å². The van der Waals surface area contributed by atoms with E-state index >= 15 is 0 Å². The van der Waals surface area contributed by atoms with Gasteiger partial charge in [0.1, 0.15) is 5.75 Å². The average molecular weight is 316 g/mol. The molecule has 1 aromatic carbocycles. The van der Waals surface area contributed by atoms with Crippen LogP contribution in [0.1, 0.15) is 32.6 Å². The number of hydrogen-bond acceptors (Lipinski definition) is 1. The molecule has 0 amide bonds. The van der Waals surface area contributed by atoms with E-state index in [0.29, 0.717) is 6.10 Å². The Labute approximate surface area is 105 Å². The summed E-state index contributed by atoms with van der Waals surface area (Å²) in [6.07, 6.45) is 5.55. The van der Waals surface area contributed by atoms with Crippen molar-refractivity contribution in [2.24, 2.45) is 5.92 Å². The third kappa shape index (κ3) is 3.37. The molecule has 0 heterocycles. The first-order valence-electron chi connectivity index (χ1n) is 5.66. The molecule has 1 saturated carbocycles. The molecule has 1 nitrogen and oxygen atoms in total. The van der Waals surface area contributed by atoms with Crippen LogP contribution in [0.25, 0.3) is 0 Å². The van der Waals surface area contributed by atoms with Crippen molar-refractivity contribution < 1.29 is 4.74 Å². The van der Waals surface area contributed by atoms with E-state index in [0.717, 1.165) is 11.7 Å². The van der Waals surface area contributed by atoms with E-state index in [1.807, 2.05) is 0 Å². The molecule has 0 aromatic heterocycles. The van der Waals surface area contributed by atoms with E-state index in [9.17, 15) is 0 Å². The first-order chi connectivity index (χ1) is 7.24. The second kappa shape index (κ2) is 5.19. The van der Waals surface area contributed by atoms with Crippen molar-refractivity contribution in [3.8, 4) is 5.75 Å². The van der Waals surface area contributed by atoms with Crippen LogP contribution in [0.2, 0.25) is 0 Å². The van der Waals surface area contributed by atoms with Crippen LogP contribution >= 0.6 is 22.6 Å². The fraction of sp³-hybridized carbons (Fsp3) is 0.538. The zero-order chi connectivity index (χ0) is 10.7. The Hall–Kier alpha value is -0.250. The first kappa shape index (κ1) is 11.2. The predicted molar refractivity (Wildman–Crippen MR) is 71.2 cm³/mol. The lowest BCUT2D eigenvalue weighted by molar-refractivity contribution is 0.129. The van der Waals surface area contributed by atoms with Crippen LogP contribution in [-0.2, 0) is 0 Å². The highest BCUT2D eigenvalue weighted by molar-refractivity contribution is 14.1. The number of hydrogen-bond donors (Lipinski definition) is 0. The highest BCUT2D eigenvalue weighted by Gasteiger charge is 2.19. The Morgan fingerprint density at radius 3 is 2.93 bits per heavy atom. The summed E-state index contributed by atoms with van der Waals surface area (Å²) in [5.41, 5.74) is 0. The van der Waals surface area contributed by atoms with Crippen molar-refractivity contribution >= 4 is 22.6 Å². The molecule has 0 radical (unpaired) electrons. The maximum Gasteiger partial charge on any atom is 0.120 e. The van der Waals surface area contributed by atoms with Crippen LogP contribution < -0.4 is 4.74 Å². The van der Waals surface area contributed by atoms with Crippen LogP contribution in [0.3, 0.4) is 0 Å². The topological polar surface area (TPSA) is 9.23 Å². The number of benzene rings is 1. The molecule has 2 heteroatoms. The van der Waals surface area contributed by atoms with Crippen LogP contribution in [0.5, 0.6) is 5.75 Å². The van der Waals surface area contributed by atoms with Gasteiger partial charge in [-0.1, -0.05) is 19.4 Å². The van der Waals surface area contributed by atoms with Gasteiger partial charge in [0, 0.05) is 3.57 Å². The molecule has 2 rings (SSSR count). The van der Waals surface area contributed by atoms with Gasteiger partial charge >= 0.3 is 0 Å². The SMILES string of the molecule is CC1CCCC(Oc2cccc(I)c2)C1. The fourth-order valence-corrected chi connectivity index (χ4v) is 2.73. The smallest absolute Gasteiger partial charge is 0.120 e. The minimum absolute atomic E-state index is 0.437. The molecule has 2 atom stereocenters. The lowest BCUT2D eigenvalue weighted by Gasteiger charge is -2.27. The molecule has 0 aliphatic heterocycles. The van der Waals surface area contributed by atoms with E-state index in [2.05, 4.69) is 53.8 Å². The summed E-state index contributed by atoms with van der Waals surface area (Å²) < 4.78 is 7.25. The van der Waals surface area contributed by atoms with Crippen molar-refractivity contribution in [1.82, 2.24) is 0 Å². The maximum atomic E-state index is 6.00. The van der Waals surface area contributed by atoms with Crippen molar-refractivity contribution in [3.63, 3.8) is 0 Å². The molecule has 1 fully saturated rings. The highest BCUT2D eigenvalue weighted by atomic mass is 127. The second-order valence-corrected chi connectivity index (χ2v) is 5.71. The minimum Gasteiger partial charge on any atom is -0.490 e. The Balaban J connectivity index is 1.96. The van der Waals surface area contributed by atoms with Crippen molar-refractivity contribution in [1.29, 1.82) is 0 Å². The Morgan fingerprint density at radius 2 is 2.20 bits per heavy atom. The maximum absolute atomic E-state index is 6.00. The summed E-state index contributed by atoms with van der Waals surface area (Å²) in [6.45, 7) is 2.32. The lowest BCUT2D eigenvalue weighted by atomic mass is 9.89. The Morgan fingerprint density at radius 1 is 1.33 bits per heavy atom. The van der Waals surface area contributed by atoms with Gasteiger partial charge in [0.15, 0.2) is 0 Å². The van der Waals surface area contributed by atoms with E-state index in [-0.39, 0.29) is 0 Å². The zero-order valence-corrected chi connectivity index (χ0v) is 11.2. The van der Waals surface area contributed by atoms with Crippen molar-refractivity contribution in [2.45, 2.75) is 38.7 Å². The quantitative estimate of drug-likeness (QED) is 0.741. The summed E-state index contributed by atoms with van der Waals surface area (Å²) >= 11 is 2.32. The van der Waals surface area contributed by atoms with Crippen LogP contribution in [0, 0.1) is 9.49 Å². The van der Waals surface area contributed by atoms with Crippen LogP contribution in [0.15, 0.2) is 24.3 Å². The third-order valence-corrected chi connectivity index (χ3v) is 3.66. The zero-order valence-electron chi connectivity index (χ0n) is 9.08. The Kier molecular flexibility index (Phi) is 3.89. The third-order valence-electron chi connectivity index (χ3n) is 2.99. The summed E-state index contributed by atoms with van der Waals surface area (Å²) in [5, 5.41) is 0. The van der Waals surface area contributed by atoms with E-state index in [1.54, 1.807) is 0 Å².